The van der Waals surface area contributed by atoms with E-state index >= 15 is 0 Å². The highest BCUT2D eigenvalue weighted by molar-refractivity contribution is 7.45. The summed E-state index contributed by atoms with van der Waals surface area (Å²) in [4.78, 5) is 37.6. The maximum Gasteiger partial charge on any atom is 0.306 e. The Hall–Kier alpha value is -0.990. The first-order chi connectivity index (χ1) is 28.0. The van der Waals surface area contributed by atoms with Crippen molar-refractivity contribution in [3.8, 4) is 0 Å². The number of likely N-dealkylation sites (N-methyl/N-ethyl adjacent to an activating group) is 1. The number of phosphoric ester groups is 1. The van der Waals surface area contributed by atoms with Gasteiger partial charge in [-0.2, -0.15) is 0 Å². The molecule has 0 aliphatic heterocycles. The maximum absolute atomic E-state index is 12.7. The molecule has 0 fully saturated rings. The number of quaternary nitrogens is 1. The second kappa shape index (κ2) is 41.4. The van der Waals surface area contributed by atoms with Crippen molar-refractivity contribution in [2.45, 2.75) is 251 Å². The van der Waals surface area contributed by atoms with Gasteiger partial charge in [0, 0.05) is 12.8 Å². The van der Waals surface area contributed by atoms with Gasteiger partial charge in [0.05, 0.1) is 27.7 Å². The zero-order chi connectivity index (χ0) is 42.8. The third-order valence-electron chi connectivity index (χ3n) is 11.1. The zero-order valence-electron chi connectivity index (χ0n) is 39.0. The van der Waals surface area contributed by atoms with Crippen molar-refractivity contribution >= 4 is 19.8 Å². The number of hydrogen-bond acceptors (Lipinski definition) is 8. The molecule has 0 heterocycles. The van der Waals surface area contributed by atoms with Crippen LogP contribution in [0.5, 0.6) is 0 Å². The highest BCUT2D eigenvalue weighted by atomic mass is 31.2. The molecule has 0 saturated heterocycles. The molecule has 0 aromatic heterocycles. The van der Waals surface area contributed by atoms with Crippen molar-refractivity contribution in [3.63, 3.8) is 0 Å². The average Bonchev–Trinajstić information content (AvgIpc) is 3.17. The summed E-state index contributed by atoms with van der Waals surface area (Å²) in [5.74, 6) is -0.817. The number of rotatable bonds is 46. The number of nitrogens with zero attached hydrogens (tertiary/aromatic N) is 1. The van der Waals surface area contributed by atoms with Crippen LogP contribution < -0.4 is 4.89 Å². The molecule has 9 nitrogen and oxygen atoms in total. The summed E-state index contributed by atoms with van der Waals surface area (Å²) in [5, 5.41) is 0. The van der Waals surface area contributed by atoms with E-state index < -0.39 is 26.5 Å². The summed E-state index contributed by atoms with van der Waals surface area (Å²) in [6, 6.07) is 0. The first-order valence-electron chi connectivity index (χ1n) is 24.7. The van der Waals surface area contributed by atoms with Gasteiger partial charge in [-0.15, -0.1) is 0 Å². The molecule has 0 amide bonds. The van der Waals surface area contributed by atoms with Crippen LogP contribution in [0.15, 0.2) is 0 Å². The van der Waals surface area contributed by atoms with E-state index in [4.69, 9.17) is 18.5 Å². The van der Waals surface area contributed by atoms with Gasteiger partial charge >= 0.3 is 11.9 Å². The quantitative estimate of drug-likeness (QED) is 0.0258. The highest BCUT2D eigenvalue weighted by Crippen LogP contribution is 2.38. The van der Waals surface area contributed by atoms with Gasteiger partial charge in [0.2, 0.25) is 0 Å². The Morgan fingerprint density at radius 3 is 1.10 bits per heavy atom. The Morgan fingerprint density at radius 1 is 0.466 bits per heavy atom. The number of unbranched alkanes of at least 4 members (excludes halogenated alkanes) is 32. The summed E-state index contributed by atoms with van der Waals surface area (Å²) < 4.78 is 34.0. The number of phosphoric acid groups is 1. The lowest BCUT2D eigenvalue weighted by atomic mass is 10.0. The smallest absolute Gasteiger partial charge is 0.306 e. The Morgan fingerprint density at radius 2 is 0.776 bits per heavy atom. The van der Waals surface area contributed by atoms with Gasteiger partial charge in [-0.05, 0) is 12.8 Å². The van der Waals surface area contributed by atoms with Crippen molar-refractivity contribution in [1.29, 1.82) is 0 Å². The van der Waals surface area contributed by atoms with Crippen LogP contribution in [0.4, 0.5) is 0 Å². The third kappa shape index (κ3) is 44.6. The van der Waals surface area contributed by atoms with Crippen LogP contribution in [-0.4, -0.2) is 70.0 Å². The van der Waals surface area contributed by atoms with Crippen molar-refractivity contribution in [2.75, 3.05) is 47.5 Å². The number of esters is 2. The minimum Gasteiger partial charge on any atom is -0.756 e. The molecule has 0 radical (unpaired) electrons. The normalized spacial score (nSPS) is 13.4. The van der Waals surface area contributed by atoms with Gasteiger partial charge in [-0.1, -0.05) is 219 Å². The van der Waals surface area contributed by atoms with Gasteiger partial charge in [-0.25, -0.2) is 0 Å². The van der Waals surface area contributed by atoms with Crippen molar-refractivity contribution < 1.29 is 42.1 Å². The lowest BCUT2D eigenvalue weighted by molar-refractivity contribution is -0.870. The molecule has 58 heavy (non-hydrogen) atoms. The largest absolute Gasteiger partial charge is 0.756 e. The zero-order valence-corrected chi connectivity index (χ0v) is 39.9. The van der Waals surface area contributed by atoms with Gasteiger partial charge in [0.15, 0.2) is 6.10 Å². The molecule has 2 atom stereocenters. The maximum atomic E-state index is 12.7. The molecule has 0 N–H and O–H groups in total. The van der Waals surface area contributed by atoms with Crippen LogP contribution >= 0.6 is 7.82 Å². The Kier molecular flexibility index (Phi) is 40.7. The van der Waals surface area contributed by atoms with Crippen LogP contribution in [0, 0.1) is 0 Å². The molecule has 0 aliphatic carbocycles. The first-order valence-corrected chi connectivity index (χ1v) is 26.2. The minimum absolute atomic E-state index is 0.0256. The fourth-order valence-electron chi connectivity index (χ4n) is 7.25. The number of ether oxygens (including phenoxy) is 2. The summed E-state index contributed by atoms with van der Waals surface area (Å²) in [6.45, 7) is 4.27. The average molecular weight is 846 g/mol. The Labute approximate surface area is 359 Å². The van der Waals surface area contributed by atoms with Gasteiger partial charge in [0.25, 0.3) is 7.82 Å². The van der Waals surface area contributed by atoms with E-state index in [1.165, 1.54) is 180 Å². The van der Waals surface area contributed by atoms with Crippen molar-refractivity contribution in [2.24, 2.45) is 0 Å². The minimum atomic E-state index is -4.62. The monoisotopic (exact) mass is 846 g/mol. The third-order valence-corrected chi connectivity index (χ3v) is 12.1. The predicted octanol–water partition coefficient (Wildman–Crippen LogP) is 13.7. The van der Waals surface area contributed by atoms with E-state index in [0.29, 0.717) is 17.4 Å². The molecule has 0 aliphatic rings. The van der Waals surface area contributed by atoms with Crippen LogP contribution in [0.25, 0.3) is 0 Å². The molecular weight excluding hydrogens is 750 g/mol. The van der Waals surface area contributed by atoms with E-state index in [-0.39, 0.29) is 32.0 Å². The van der Waals surface area contributed by atoms with E-state index in [2.05, 4.69) is 13.8 Å². The fourth-order valence-corrected chi connectivity index (χ4v) is 7.97. The van der Waals surface area contributed by atoms with E-state index in [1.807, 2.05) is 21.1 Å². The molecule has 0 bridgehead atoms. The van der Waals surface area contributed by atoms with Crippen LogP contribution in [0.1, 0.15) is 245 Å². The molecule has 1 unspecified atom stereocenters. The van der Waals surface area contributed by atoms with Crippen LogP contribution in [0.3, 0.4) is 0 Å². The van der Waals surface area contributed by atoms with Crippen molar-refractivity contribution in [3.05, 3.63) is 0 Å². The standard InChI is InChI=1S/C48H96NO8P/c1-6-8-10-12-14-16-18-20-21-22-23-24-25-26-27-28-29-31-32-34-36-38-40-47(50)54-44-46(45-56-58(52,53)55-43-42-49(3,4)5)57-48(51)41-39-37-35-33-30-19-17-15-13-11-9-7-2/h46H,6-45H2,1-5H3/t46-/m1/s1. The van der Waals surface area contributed by atoms with Gasteiger partial charge < -0.3 is 27.9 Å². The summed E-state index contributed by atoms with van der Waals surface area (Å²) in [7, 11) is 1.18. The molecule has 10 heteroatoms. The first kappa shape index (κ1) is 57.0. The van der Waals surface area contributed by atoms with E-state index in [0.717, 1.165) is 32.1 Å². The summed E-state index contributed by atoms with van der Waals surface area (Å²) in [6.07, 6.45) is 42.8. The van der Waals surface area contributed by atoms with Gasteiger partial charge in [0.1, 0.15) is 19.8 Å². The van der Waals surface area contributed by atoms with E-state index in [9.17, 15) is 19.0 Å². The van der Waals surface area contributed by atoms with E-state index in [1.54, 1.807) is 0 Å². The number of hydrogen-bond donors (Lipinski definition) is 0. The Balaban J connectivity index is 4.14. The van der Waals surface area contributed by atoms with Crippen molar-refractivity contribution in [1.82, 2.24) is 0 Å². The second-order valence-electron chi connectivity index (χ2n) is 18.2. The lowest BCUT2D eigenvalue weighted by Gasteiger charge is -2.28. The molecule has 346 valence electrons. The molecule has 0 aromatic rings. The molecular formula is C48H96NO8P. The SMILES string of the molecule is CCCCCCCCCCCCCCCCCCCCCCCCC(=O)OC[C@H](COP(=O)([O-])OCC[N+](C)(C)C)OC(=O)CCCCCCCCCCCCCC. The Bertz CT molecular complexity index is 958. The summed E-state index contributed by atoms with van der Waals surface area (Å²) in [5.41, 5.74) is 0. The molecule has 0 spiro atoms. The van der Waals surface area contributed by atoms with Gasteiger partial charge in [-0.3, -0.25) is 14.2 Å². The number of carbonyl (C=O) groups is 2. The topological polar surface area (TPSA) is 111 Å². The van der Waals surface area contributed by atoms with Crippen LogP contribution in [0.2, 0.25) is 0 Å². The summed E-state index contributed by atoms with van der Waals surface area (Å²) >= 11 is 0. The second-order valence-corrected chi connectivity index (χ2v) is 19.6. The lowest BCUT2D eigenvalue weighted by Crippen LogP contribution is -2.37. The van der Waals surface area contributed by atoms with Crippen LogP contribution in [-0.2, 0) is 32.7 Å². The molecule has 0 aromatic carbocycles. The fraction of sp³-hybridized carbons (Fsp3) is 0.958. The number of carbonyl (C=O) groups excluding carboxylic acids is 2. The predicted molar refractivity (Wildman–Crippen MR) is 241 cm³/mol. The molecule has 0 rings (SSSR count). The highest BCUT2D eigenvalue weighted by Gasteiger charge is 2.21. The molecule has 0 saturated carbocycles.